The van der Waals surface area contributed by atoms with Crippen molar-refractivity contribution in [1.82, 2.24) is 14.3 Å². The SMILES string of the molecule is CC[NH+](Cc1ccc(Cl)s1)Cn1nc(-c2ccc(OC)cc2)n(C)c1=S. The number of ether oxygens (including phenoxy) is 1. The van der Waals surface area contributed by atoms with Crippen LogP contribution >= 0.6 is 35.2 Å². The van der Waals surface area contributed by atoms with Crippen LogP contribution in [-0.4, -0.2) is 28.0 Å². The van der Waals surface area contributed by atoms with Crippen molar-refractivity contribution in [3.8, 4) is 17.1 Å². The van der Waals surface area contributed by atoms with Gasteiger partial charge in [-0.3, -0.25) is 0 Å². The van der Waals surface area contributed by atoms with Crippen molar-refractivity contribution in [1.29, 1.82) is 0 Å². The Kier molecular flexibility index (Phi) is 6.13. The number of thiophene rings is 1. The lowest BCUT2D eigenvalue weighted by atomic mass is 10.2. The molecule has 0 amide bonds. The largest absolute Gasteiger partial charge is 0.497 e. The molecule has 1 atom stereocenters. The van der Waals surface area contributed by atoms with E-state index < -0.39 is 0 Å². The van der Waals surface area contributed by atoms with E-state index in [2.05, 4.69) is 13.0 Å². The zero-order valence-electron chi connectivity index (χ0n) is 15.0. The summed E-state index contributed by atoms with van der Waals surface area (Å²) in [5.41, 5.74) is 1.02. The summed E-state index contributed by atoms with van der Waals surface area (Å²) in [4.78, 5) is 2.64. The molecule has 1 aromatic carbocycles. The summed E-state index contributed by atoms with van der Waals surface area (Å²) in [5, 5.41) is 4.76. The number of methoxy groups -OCH3 is 1. The van der Waals surface area contributed by atoms with Gasteiger partial charge in [-0.25, -0.2) is 0 Å². The molecule has 0 aliphatic heterocycles. The van der Waals surface area contributed by atoms with E-state index in [0.717, 1.165) is 41.2 Å². The molecule has 26 heavy (non-hydrogen) atoms. The van der Waals surface area contributed by atoms with E-state index in [1.165, 1.54) is 9.78 Å². The molecule has 3 aromatic rings. The maximum absolute atomic E-state index is 6.05. The van der Waals surface area contributed by atoms with Crippen molar-refractivity contribution in [2.24, 2.45) is 7.05 Å². The van der Waals surface area contributed by atoms with Gasteiger partial charge in [0.25, 0.3) is 0 Å². The van der Waals surface area contributed by atoms with Crippen LogP contribution < -0.4 is 9.64 Å². The normalized spacial score (nSPS) is 12.3. The molecule has 2 heterocycles. The molecule has 0 aliphatic carbocycles. The summed E-state index contributed by atoms with van der Waals surface area (Å²) in [6, 6.07) is 11.9. The van der Waals surface area contributed by atoms with Gasteiger partial charge in [0.15, 0.2) is 12.5 Å². The van der Waals surface area contributed by atoms with Crippen molar-refractivity contribution < 1.29 is 9.64 Å². The highest BCUT2D eigenvalue weighted by Crippen LogP contribution is 2.21. The van der Waals surface area contributed by atoms with E-state index in [1.54, 1.807) is 18.4 Å². The number of hydrogen-bond acceptors (Lipinski definition) is 4. The summed E-state index contributed by atoms with van der Waals surface area (Å²) < 4.78 is 10.6. The lowest BCUT2D eigenvalue weighted by Gasteiger charge is -2.16. The summed E-state index contributed by atoms with van der Waals surface area (Å²) in [6.45, 7) is 4.77. The van der Waals surface area contributed by atoms with Crippen LogP contribution in [0.15, 0.2) is 36.4 Å². The molecule has 1 unspecified atom stereocenters. The summed E-state index contributed by atoms with van der Waals surface area (Å²) >= 11 is 13.3. The Morgan fingerprint density at radius 2 is 1.96 bits per heavy atom. The zero-order valence-corrected chi connectivity index (χ0v) is 17.4. The molecule has 1 N–H and O–H groups in total. The third-order valence-electron chi connectivity index (χ3n) is 4.32. The van der Waals surface area contributed by atoms with Gasteiger partial charge in [-0.1, -0.05) is 11.6 Å². The molecule has 0 spiro atoms. The third kappa shape index (κ3) is 4.17. The van der Waals surface area contributed by atoms with Gasteiger partial charge in [0.1, 0.15) is 12.3 Å². The molecule has 138 valence electrons. The van der Waals surface area contributed by atoms with Gasteiger partial charge in [0.2, 0.25) is 4.77 Å². The van der Waals surface area contributed by atoms with Gasteiger partial charge in [-0.2, -0.15) is 4.68 Å². The maximum Gasteiger partial charge on any atom is 0.202 e. The van der Waals surface area contributed by atoms with Crippen LogP contribution in [0, 0.1) is 4.77 Å². The van der Waals surface area contributed by atoms with Crippen molar-refractivity contribution in [2.75, 3.05) is 13.7 Å². The van der Waals surface area contributed by atoms with Gasteiger partial charge >= 0.3 is 0 Å². The minimum atomic E-state index is 0.714. The number of benzene rings is 1. The highest BCUT2D eigenvalue weighted by molar-refractivity contribution is 7.71. The van der Waals surface area contributed by atoms with Crippen LogP contribution in [0.25, 0.3) is 11.4 Å². The first kappa shape index (κ1) is 19.1. The van der Waals surface area contributed by atoms with Crippen molar-refractivity contribution in [3.63, 3.8) is 0 Å². The Balaban J connectivity index is 1.82. The average Bonchev–Trinajstić information content (AvgIpc) is 3.19. The van der Waals surface area contributed by atoms with E-state index in [0.29, 0.717) is 4.77 Å². The number of halogens is 1. The molecule has 0 fully saturated rings. The molecule has 0 aliphatic rings. The van der Waals surface area contributed by atoms with E-state index in [9.17, 15) is 0 Å². The second-order valence-corrected chi connectivity index (χ2v) is 8.20. The second-order valence-electron chi connectivity index (χ2n) is 6.04. The highest BCUT2D eigenvalue weighted by Gasteiger charge is 2.15. The Labute approximate surface area is 167 Å². The minimum absolute atomic E-state index is 0.714. The molecule has 2 aromatic heterocycles. The van der Waals surface area contributed by atoms with Crippen LogP contribution in [0.4, 0.5) is 0 Å². The van der Waals surface area contributed by atoms with Crippen molar-refractivity contribution in [2.45, 2.75) is 20.1 Å². The van der Waals surface area contributed by atoms with Crippen LogP contribution in [0.1, 0.15) is 11.8 Å². The van der Waals surface area contributed by atoms with Gasteiger partial charge in [0.05, 0.1) is 22.9 Å². The number of aromatic nitrogens is 3. The predicted molar refractivity (Wildman–Crippen MR) is 109 cm³/mol. The van der Waals surface area contributed by atoms with Gasteiger partial charge in [-0.15, -0.1) is 16.4 Å². The maximum atomic E-state index is 6.05. The summed E-state index contributed by atoms with van der Waals surface area (Å²) in [5.74, 6) is 1.68. The lowest BCUT2D eigenvalue weighted by molar-refractivity contribution is -0.935. The average molecular weight is 410 g/mol. The third-order valence-corrected chi connectivity index (χ3v) is 6.03. The molecular formula is C18H22ClN4OS2+. The topological polar surface area (TPSA) is 36.4 Å². The molecule has 0 saturated carbocycles. The number of hydrogen-bond donors (Lipinski definition) is 1. The number of rotatable bonds is 7. The van der Waals surface area contributed by atoms with Gasteiger partial charge in [0, 0.05) is 12.6 Å². The quantitative estimate of drug-likeness (QED) is 0.607. The Morgan fingerprint density at radius 3 is 2.54 bits per heavy atom. The van der Waals surface area contributed by atoms with E-state index >= 15 is 0 Å². The lowest BCUT2D eigenvalue weighted by Crippen LogP contribution is -3.09. The van der Waals surface area contributed by atoms with Crippen LogP contribution in [0.3, 0.4) is 0 Å². The van der Waals surface area contributed by atoms with Crippen molar-refractivity contribution >= 4 is 35.2 Å². The smallest absolute Gasteiger partial charge is 0.202 e. The molecule has 0 saturated heterocycles. The van der Waals surface area contributed by atoms with Gasteiger partial charge < -0.3 is 14.2 Å². The Hall–Kier alpha value is -1.67. The van der Waals surface area contributed by atoms with Crippen LogP contribution in [0.5, 0.6) is 5.75 Å². The fourth-order valence-corrected chi connectivity index (χ4v) is 4.13. The molecular weight excluding hydrogens is 388 g/mol. The Morgan fingerprint density at radius 1 is 1.23 bits per heavy atom. The van der Waals surface area contributed by atoms with E-state index in [4.69, 9.17) is 33.7 Å². The molecule has 0 bridgehead atoms. The Bertz CT molecular complexity index is 930. The van der Waals surface area contributed by atoms with Crippen molar-refractivity contribution in [3.05, 3.63) is 50.4 Å². The minimum Gasteiger partial charge on any atom is -0.497 e. The van der Waals surface area contributed by atoms with E-state index in [-0.39, 0.29) is 0 Å². The monoisotopic (exact) mass is 409 g/mol. The first-order valence-corrected chi connectivity index (χ1v) is 9.98. The number of nitrogens with one attached hydrogen (secondary N) is 1. The molecule has 8 heteroatoms. The predicted octanol–water partition coefficient (Wildman–Crippen LogP) is 3.40. The molecule has 5 nitrogen and oxygen atoms in total. The number of nitrogens with zero attached hydrogens (tertiary/aromatic N) is 3. The van der Waals surface area contributed by atoms with Crippen LogP contribution in [0.2, 0.25) is 4.34 Å². The first-order chi connectivity index (χ1) is 12.5. The van der Waals surface area contributed by atoms with E-state index in [1.807, 2.05) is 46.6 Å². The molecule has 3 rings (SSSR count). The second kappa shape index (κ2) is 8.35. The fraction of sp³-hybridized carbons (Fsp3) is 0.333. The van der Waals surface area contributed by atoms with Gasteiger partial charge in [-0.05, 0) is 55.5 Å². The molecule has 0 radical (unpaired) electrons. The zero-order chi connectivity index (χ0) is 18.7. The van der Waals surface area contributed by atoms with Crippen LogP contribution in [-0.2, 0) is 20.3 Å². The first-order valence-electron chi connectivity index (χ1n) is 8.37. The summed E-state index contributed by atoms with van der Waals surface area (Å²) in [7, 11) is 3.62. The summed E-state index contributed by atoms with van der Waals surface area (Å²) in [6.07, 6.45) is 0. The fourth-order valence-electron chi connectivity index (χ4n) is 2.78. The standard InChI is InChI=1S/C18H21ClN4OS2/c1-4-22(11-15-9-10-16(19)26-15)12-23-18(25)21(2)17(20-23)13-5-7-14(24-3)8-6-13/h5-10H,4,11-12H2,1-3H3/p+1. The number of quaternary nitrogens is 1. The highest BCUT2D eigenvalue weighted by atomic mass is 35.5.